The molecule has 0 aliphatic heterocycles. The van der Waals surface area contributed by atoms with Gasteiger partial charge in [0.25, 0.3) is 0 Å². The van der Waals surface area contributed by atoms with Crippen LogP contribution in [0.1, 0.15) is 28.1 Å². The number of carbonyl (C=O) groups excluding carboxylic acids is 1. The Morgan fingerprint density at radius 3 is 2.83 bits per heavy atom. The molecule has 4 N–H and O–H groups in total. The molecule has 6 nitrogen and oxygen atoms in total. The molecule has 2 aromatic rings. The summed E-state index contributed by atoms with van der Waals surface area (Å²) in [5.74, 6) is -1.75. The maximum Gasteiger partial charge on any atom is 0.315 e. The molecule has 18 heavy (non-hydrogen) atoms. The van der Waals surface area contributed by atoms with E-state index in [1.165, 1.54) is 18.2 Å². The van der Waals surface area contributed by atoms with Crippen molar-refractivity contribution in [2.45, 2.75) is 6.04 Å². The van der Waals surface area contributed by atoms with Crippen LogP contribution in [0, 0.1) is 5.82 Å². The lowest BCUT2D eigenvalue weighted by molar-refractivity contribution is 0.0958. The molecule has 0 aliphatic carbocycles. The number of nitrogens with zero attached hydrogens (tertiary/aromatic N) is 2. The van der Waals surface area contributed by atoms with E-state index in [0.29, 0.717) is 4.47 Å². The standard InChI is InChI=1S/C10H8BrFN4O2/c11-4-1-2-6(12)5(3-4)7(13)9-15-10(8(14)17)18-16-9/h1-3,7H,13H2,(H2,14,17). The fraction of sp³-hybridized carbons (Fsp3) is 0.100. The third kappa shape index (κ3) is 2.39. The van der Waals surface area contributed by atoms with Gasteiger partial charge in [-0.3, -0.25) is 4.79 Å². The fourth-order valence-corrected chi connectivity index (χ4v) is 1.73. The molecule has 1 amide bonds. The molecule has 0 aliphatic rings. The van der Waals surface area contributed by atoms with Crippen molar-refractivity contribution in [1.29, 1.82) is 0 Å². The normalized spacial score (nSPS) is 12.4. The van der Waals surface area contributed by atoms with Crippen LogP contribution in [0.15, 0.2) is 27.2 Å². The van der Waals surface area contributed by atoms with Crippen molar-refractivity contribution in [1.82, 2.24) is 10.1 Å². The van der Waals surface area contributed by atoms with Gasteiger partial charge in [0.2, 0.25) is 0 Å². The molecule has 0 saturated carbocycles. The lowest BCUT2D eigenvalue weighted by Crippen LogP contribution is -2.16. The average Bonchev–Trinajstić information content (AvgIpc) is 2.81. The third-order valence-electron chi connectivity index (χ3n) is 2.22. The lowest BCUT2D eigenvalue weighted by Gasteiger charge is -2.08. The Bertz CT molecular complexity index is 601. The first-order valence-corrected chi connectivity index (χ1v) is 5.62. The van der Waals surface area contributed by atoms with Crippen LogP contribution in [0.25, 0.3) is 0 Å². The third-order valence-corrected chi connectivity index (χ3v) is 2.72. The monoisotopic (exact) mass is 314 g/mol. The first kappa shape index (κ1) is 12.7. The van der Waals surface area contributed by atoms with Gasteiger partial charge in [0.1, 0.15) is 5.82 Å². The van der Waals surface area contributed by atoms with Crippen molar-refractivity contribution in [3.8, 4) is 0 Å². The molecule has 0 saturated heterocycles. The topological polar surface area (TPSA) is 108 Å². The number of halogens is 2. The van der Waals surface area contributed by atoms with Crippen molar-refractivity contribution in [2.75, 3.05) is 0 Å². The summed E-state index contributed by atoms with van der Waals surface area (Å²) in [5, 5.41) is 3.49. The highest BCUT2D eigenvalue weighted by Crippen LogP contribution is 2.23. The molecule has 0 bridgehead atoms. The van der Waals surface area contributed by atoms with E-state index >= 15 is 0 Å². The molecule has 2 rings (SSSR count). The van der Waals surface area contributed by atoms with Crippen molar-refractivity contribution in [3.05, 3.63) is 45.8 Å². The van der Waals surface area contributed by atoms with Crippen LogP contribution in [0.4, 0.5) is 4.39 Å². The quantitative estimate of drug-likeness (QED) is 0.882. The summed E-state index contributed by atoms with van der Waals surface area (Å²) < 4.78 is 18.8. The Morgan fingerprint density at radius 2 is 2.22 bits per heavy atom. The summed E-state index contributed by atoms with van der Waals surface area (Å²) in [7, 11) is 0. The van der Waals surface area contributed by atoms with Crippen LogP contribution in [-0.2, 0) is 0 Å². The molecule has 0 fully saturated rings. The van der Waals surface area contributed by atoms with Crippen LogP contribution >= 0.6 is 15.9 Å². The smallest absolute Gasteiger partial charge is 0.315 e. The minimum Gasteiger partial charge on any atom is -0.361 e. The van der Waals surface area contributed by atoms with Gasteiger partial charge < -0.3 is 16.0 Å². The van der Waals surface area contributed by atoms with E-state index < -0.39 is 17.8 Å². The molecule has 1 unspecified atom stereocenters. The number of carbonyl (C=O) groups is 1. The van der Waals surface area contributed by atoms with E-state index in [-0.39, 0.29) is 17.3 Å². The van der Waals surface area contributed by atoms with E-state index in [2.05, 4.69) is 30.6 Å². The van der Waals surface area contributed by atoms with Crippen molar-refractivity contribution < 1.29 is 13.7 Å². The van der Waals surface area contributed by atoms with Crippen LogP contribution < -0.4 is 11.5 Å². The zero-order valence-corrected chi connectivity index (χ0v) is 10.5. The van der Waals surface area contributed by atoms with E-state index in [1.807, 2.05) is 0 Å². The van der Waals surface area contributed by atoms with E-state index in [9.17, 15) is 9.18 Å². The molecule has 8 heteroatoms. The van der Waals surface area contributed by atoms with Gasteiger partial charge in [-0.25, -0.2) is 4.39 Å². The SMILES string of the molecule is NC(=O)c1nc(C(N)c2cc(Br)ccc2F)no1. The Hall–Kier alpha value is -1.80. The van der Waals surface area contributed by atoms with Gasteiger partial charge in [-0.15, -0.1) is 0 Å². The maximum atomic E-state index is 13.6. The Labute approximate surface area is 109 Å². The van der Waals surface area contributed by atoms with Gasteiger partial charge >= 0.3 is 11.8 Å². The molecule has 1 aromatic heterocycles. The second-order valence-corrected chi connectivity index (χ2v) is 4.38. The number of nitrogens with two attached hydrogens (primary N) is 2. The van der Waals surface area contributed by atoms with Crippen molar-refractivity contribution in [2.24, 2.45) is 11.5 Å². The lowest BCUT2D eigenvalue weighted by atomic mass is 10.1. The van der Waals surface area contributed by atoms with Crippen molar-refractivity contribution >= 4 is 21.8 Å². The van der Waals surface area contributed by atoms with Gasteiger partial charge in [-0.05, 0) is 18.2 Å². The molecular weight excluding hydrogens is 307 g/mol. The second-order valence-electron chi connectivity index (χ2n) is 3.47. The first-order chi connectivity index (χ1) is 8.49. The molecule has 1 heterocycles. The predicted molar refractivity (Wildman–Crippen MR) is 62.9 cm³/mol. The van der Waals surface area contributed by atoms with Gasteiger partial charge in [0.05, 0.1) is 6.04 Å². The summed E-state index contributed by atoms with van der Waals surface area (Å²) in [6.07, 6.45) is 0. The Morgan fingerprint density at radius 1 is 1.50 bits per heavy atom. The highest BCUT2D eigenvalue weighted by molar-refractivity contribution is 9.10. The summed E-state index contributed by atoms with van der Waals surface area (Å²) in [5.41, 5.74) is 10.9. The molecule has 1 aromatic carbocycles. The summed E-state index contributed by atoms with van der Waals surface area (Å²) >= 11 is 3.20. The van der Waals surface area contributed by atoms with E-state index in [4.69, 9.17) is 11.5 Å². The molecule has 0 radical (unpaired) electrons. The number of hydrogen-bond acceptors (Lipinski definition) is 5. The summed E-state index contributed by atoms with van der Waals surface area (Å²) in [4.78, 5) is 14.5. The van der Waals surface area contributed by atoms with Gasteiger partial charge in [0, 0.05) is 10.0 Å². The average molecular weight is 315 g/mol. The van der Waals surface area contributed by atoms with E-state index in [1.54, 1.807) is 0 Å². The first-order valence-electron chi connectivity index (χ1n) is 4.83. The molecule has 1 atom stereocenters. The number of hydrogen-bond donors (Lipinski definition) is 2. The minimum atomic E-state index is -0.945. The van der Waals surface area contributed by atoms with Gasteiger partial charge in [-0.1, -0.05) is 21.1 Å². The number of benzene rings is 1. The van der Waals surface area contributed by atoms with Crippen LogP contribution in [0.3, 0.4) is 0 Å². The number of primary amides is 1. The Kier molecular flexibility index (Phi) is 3.39. The zero-order valence-electron chi connectivity index (χ0n) is 8.93. The summed E-state index contributed by atoms with van der Waals surface area (Å²) in [6.45, 7) is 0. The van der Waals surface area contributed by atoms with Crippen LogP contribution in [0.2, 0.25) is 0 Å². The predicted octanol–water partition coefficient (Wildman–Crippen LogP) is 1.12. The minimum absolute atomic E-state index is 0.0131. The fourth-order valence-electron chi connectivity index (χ4n) is 1.35. The van der Waals surface area contributed by atoms with E-state index in [0.717, 1.165) is 0 Å². The second kappa shape index (κ2) is 4.83. The van der Waals surface area contributed by atoms with Gasteiger partial charge in [0.15, 0.2) is 5.82 Å². The largest absolute Gasteiger partial charge is 0.361 e. The number of aromatic nitrogens is 2. The highest BCUT2D eigenvalue weighted by atomic mass is 79.9. The van der Waals surface area contributed by atoms with Crippen LogP contribution in [0.5, 0.6) is 0 Å². The molecule has 0 spiro atoms. The Balaban J connectivity index is 2.37. The zero-order chi connectivity index (χ0) is 13.3. The summed E-state index contributed by atoms with van der Waals surface area (Å²) in [6, 6.07) is 3.35. The maximum absolute atomic E-state index is 13.6. The number of rotatable bonds is 3. The number of amides is 1. The molecule has 94 valence electrons. The highest BCUT2D eigenvalue weighted by Gasteiger charge is 2.21. The van der Waals surface area contributed by atoms with Gasteiger partial charge in [-0.2, -0.15) is 4.98 Å². The van der Waals surface area contributed by atoms with Crippen LogP contribution in [-0.4, -0.2) is 16.0 Å². The van der Waals surface area contributed by atoms with Crippen molar-refractivity contribution in [3.63, 3.8) is 0 Å². The molecular formula is C10H8BrFN4O2.